The van der Waals surface area contributed by atoms with Crippen LogP contribution in [0.25, 0.3) is 11.1 Å². The van der Waals surface area contributed by atoms with E-state index in [1.807, 2.05) is 30.8 Å². The summed E-state index contributed by atoms with van der Waals surface area (Å²) < 4.78 is 1.88. The van der Waals surface area contributed by atoms with Crippen LogP contribution >= 0.6 is 0 Å². The fraction of sp³-hybridized carbons (Fsp3) is 0.483. The zero-order valence-corrected chi connectivity index (χ0v) is 22.2. The molecule has 1 saturated heterocycles. The monoisotopic (exact) mass is 486 g/mol. The van der Waals surface area contributed by atoms with Crippen LogP contribution in [-0.4, -0.2) is 55.5 Å². The number of allylic oxidation sites excluding steroid dienone is 4. The standard InChI is InChI=1S/C29H38N6O/c1-6-13-30-29(5)11-14-33(15-12-29)24-10-9-23-8-7-20(2)25(16-28(36)34(23)19-24)26-17-27-22(4)31-21(3)18-35(27)32-26/h8-10,16-20,30H,6-7,11-15H2,1-5H3. The number of carbonyl (C=O) groups excluding carboxylic acids is 1. The van der Waals surface area contributed by atoms with Gasteiger partial charge in [0.15, 0.2) is 0 Å². The Hall–Kier alpha value is -3.19. The highest BCUT2D eigenvalue weighted by atomic mass is 16.2. The number of fused-ring (bicyclic) bond motifs is 2. The van der Waals surface area contributed by atoms with Gasteiger partial charge in [-0.25, -0.2) is 4.52 Å². The first-order chi connectivity index (χ1) is 17.3. The molecule has 0 saturated carbocycles. The predicted octanol–water partition coefficient (Wildman–Crippen LogP) is 4.75. The number of likely N-dealkylation sites (tertiary alicyclic amines) is 1. The third-order valence-corrected chi connectivity index (χ3v) is 7.78. The van der Waals surface area contributed by atoms with Crippen LogP contribution in [0, 0.1) is 19.8 Å². The summed E-state index contributed by atoms with van der Waals surface area (Å²) >= 11 is 0. The average molecular weight is 487 g/mol. The first-order valence-corrected chi connectivity index (χ1v) is 13.2. The van der Waals surface area contributed by atoms with E-state index < -0.39 is 0 Å². The molecule has 1 N–H and O–H groups in total. The number of hydrogen-bond acceptors (Lipinski definition) is 5. The minimum absolute atomic E-state index is 0.0285. The number of aromatic nitrogens is 3. The van der Waals surface area contributed by atoms with Gasteiger partial charge in [-0.1, -0.05) is 19.9 Å². The molecule has 2 aromatic rings. The molecule has 0 radical (unpaired) electrons. The van der Waals surface area contributed by atoms with E-state index in [0.29, 0.717) is 0 Å². The molecule has 1 atom stereocenters. The van der Waals surface area contributed by atoms with Gasteiger partial charge in [0.05, 0.1) is 34.5 Å². The minimum atomic E-state index is -0.0285. The first-order valence-electron chi connectivity index (χ1n) is 13.2. The SMILES string of the molecule is CCCNC1(C)CCN(C2=CN3C(=O)C=C(c4cc5c(C)nc(C)cn5n4)C(C)CC=C3C=C2)CC1. The van der Waals surface area contributed by atoms with Gasteiger partial charge in [-0.15, -0.1) is 0 Å². The van der Waals surface area contributed by atoms with E-state index >= 15 is 0 Å². The van der Waals surface area contributed by atoms with Gasteiger partial charge >= 0.3 is 0 Å². The summed E-state index contributed by atoms with van der Waals surface area (Å²) in [5, 5.41) is 8.54. The third kappa shape index (κ3) is 4.76. The normalized spacial score (nSPS) is 22.1. The van der Waals surface area contributed by atoms with E-state index in [1.165, 1.54) is 0 Å². The van der Waals surface area contributed by atoms with Gasteiger partial charge in [-0.05, 0) is 82.7 Å². The lowest BCUT2D eigenvalue weighted by Crippen LogP contribution is -2.51. The average Bonchev–Trinajstić information content (AvgIpc) is 3.28. The Labute approximate surface area is 214 Å². The minimum Gasteiger partial charge on any atom is -0.370 e. The van der Waals surface area contributed by atoms with Crippen LogP contribution in [0.1, 0.15) is 63.5 Å². The summed E-state index contributed by atoms with van der Waals surface area (Å²) in [5.41, 5.74) is 6.90. The first kappa shape index (κ1) is 24.5. The predicted molar refractivity (Wildman–Crippen MR) is 144 cm³/mol. The van der Waals surface area contributed by atoms with Crippen molar-refractivity contribution in [3.8, 4) is 0 Å². The van der Waals surface area contributed by atoms with Crippen molar-refractivity contribution in [3.63, 3.8) is 0 Å². The van der Waals surface area contributed by atoms with Crippen molar-refractivity contribution < 1.29 is 4.79 Å². The molecule has 0 spiro atoms. The fourth-order valence-corrected chi connectivity index (χ4v) is 5.43. The highest BCUT2D eigenvalue weighted by Gasteiger charge is 2.31. The van der Waals surface area contributed by atoms with Gasteiger partial charge < -0.3 is 10.2 Å². The maximum Gasteiger partial charge on any atom is 0.255 e. The molecule has 5 heterocycles. The number of nitrogens with one attached hydrogen (secondary N) is 1. The van der Waals surface area contributed by atoms with Crippen molar-refractivity contribution in [2.24, 2.45) is 5.92 Å². The Morgan fingerprint density at radius 1 is 1.17 bits per heavy atom. The van der Waals surface area contributed by atoms with E-state index in [2.05, 4.69) is 60.3 Å². The Bertz CT molecular complexity index is 1290. The smallest absolute Gasteiger partial charge is 0.255 e. The van der Waals surface area contributed by atoms with Gasteiger partial charge in [0.2, 0.25) is 0 Å². The van der Waals surface area contributed by atoms with Crippen LogP contribution in [-0.2, 0) is 4.79 Å². The molecule has 36 heavy (non-hydrogen) atoms. The topological polar surface area (TPSA) is 65.8 Å². The molecule has 3 aliphatic heterocycles. The summed E-state index contributed by atoms with van der Waals surface area (Å²) in [4.78, 5) is 22.3. The molecule has 0 aromatic carbocycles. The summed E-state index contributed by atoms with van der Waals surface area (Å²) in [7, 11) is 0. The summed E-state index contributed by atoms with van der Waals surface area (Å²) in [6.07, 6.45) is 16.3. The van der Waals surface area contributed by atoms with E-state index in [4.69, 9.17) is 5.10 Å². The van der Waals surface area contributed by atoms with E-state index in [0.717, 1.165) is 84.9 Å². The summed E-state index contributed by atoms with van der Waals surface area (Å²) in [6, 6.07) is 2.05. The van der Waals surface area contributed by atoms with Gasteiger partial charge in [-0.2, -0.15) is 5.10 Å². The molecule has 3 aliphatic rings. The van der Waals surface area contributed by atoms with Crippen LogP contribution in [0.15, 0.2) is 54.2 Å². The zero-order chi connectivity index (χ0) is 25.4. The van der Waals surface area contributed by atoms with Crippen LogP contribution in [0.5, 0.6) is 0 Å². The number of nitrogens with zero attached hydrogens (tertiary/aromatic N) is 5. The maximum atomic E-state index is 13.6. The highest BCUT2D eigenvalue weighted by molar-refractivity contribution is 5.98. The molecule has 5 rings (SSSR count). The van der Waals surface area contributed by atoms with Gasteiger partial charge in [0, 0.05) is 36.6 Å². The number of amides is 1. The molecule has 1 fully saturated rings. The molecule has 2 aromatic heterocycles. The third-order valence-electron chi connectivity index (χ3n) is 7.78. The largest absolute Gasteiger partial charge is 0.370 e. The number of piperidine rings is 1. The fourth-order valence-electron chi connectivity index (χ4n) is 5.43. The second-order valence-electron chi connectivity index (χ2n) is 10.8. The molecular formula is C29H38N6O. The van der Waals surface area contributed by atoms with Gasteiger partial charge in [-0.3, -0.25) is 14.7 Å². The summed E-state index contributed by atoms with van der Waals surface area (Å²) in [5.74, 6) is 0.149. The van der Waals surface area contributed by atoms with E-state index in [-0.39, 0.29) is 17.4 Å². The van der Waals surface area contributed by atoms with Crippen molar-refractivity contribution in [3.05, 3.63) is 71.2 Å². The lowest BCUT2D eigenvalue weighted by Gasteiger charge is -2.42. The Morgan fingerprint density at radius 3 is 2.67 bits per heavy atom. The number of aryl methyl sites for hydroxylation is 2. The number of rotatable bonds is 5. The lowest BCUT2D eigenvalue weighted by molar-refractivity contribution is -0.122. The molecule has 0 bridgehead atoms. The van der Waals surface area contributed by atoms with Crippen molar-refractivity contribution in [2.45, 2.75) is 65.8 Å². The van der Waals surface area contributed by atoms with Crippen molar-refractivity contribution in [1.29, 1.82) is 0 Å². The molecule has 1 unspecified atom stereocenters. The number of carbonyl (C=O) groups is 1. The van der Waals surface area contributed by atoms with Crippen molar-refractivity contribution in [2.75, 3.05) is 19.6 Å². The Balaban J connectivity index is 1.39. The second-order valence-corrected chi connectivity index (χ2v) is 10.8. The van der Waals surface area contributed by atoms with Crippen LogP contribution < -0.4 is 5.32 Å². The molecular weight excluding hydrogens is 448 g/mol. The molecule has 1 amide bonds. The summed E-state index contributed by atoms with van der Waals surface area (Å²) in [6.45, 7) is 13.7. The van der Waals surface area contributed by atoms with Crippen LogP contribution in [0.4, 0.5) is 0 Å². The quantitative estimate of drug-likeness (QED) is 0.661. The molecule has 7 heteroatoms. The van der Waals surface area contributed by atoms with Crippen LogP contribution in [0.2, 0.25) is 0 Å². The molecule has 7 nitrogen and oxygen atoms in total. The zero-order valence-electron chi connectivity index (χ0n) is 22.2. The highest BCUT2D eigenvalue weighted by Crippen LogP contribution is 2.33. The molecule has 190 valence electrons. The van der Waals surface area contributed by atoms with Crippen molar-refractivity contribution >= 4 is 17.0 Å². The van der Waals surface area contributed by atoms with E-state index in [1.54, 1.807) is 11.0 Å². The number of hydrogen-bond donors (Lipinski definition) is 1. The van der Waals surface area contributed by atoms with Crippen molar-refractivity contribution in [1.82, 2.24) is 29.7 Å². The van der Waals surface area contributed by atoms with E-state index in [9.17, 15) is 4.79 Å². The van der Waals surface area contributed by atoms with Gasteiger partial charge in [0.1, 0.15) is 0 Å². The molecule has 0 aliphatic carbocycles. The lowest BCUT2D eigenvalue weighted by atomic mass is 9.89. The second kappa shape index (κ2) is 9.69. The van der Waals surface area contributed by atoms with Crippen LogP contribution in [0.3, 0.4) is 0 Å². The van der Waals surface area contributed by atoms with Gasteiger partial charge in [0.25, 0.3) is 5.91 Å². The maximum absolute atomic E-state index is 13.6. The Morgan fingerprint density at radius 2 is 1.92 bits per heavy atom. The Kier molecular flexibility index (Phi) is 6.60.